The first-order valence-corrected chi connectivity index (χ1v) is 10.5. The van der Waals surface area contributed by atoms with Crippen LogP contribution in [0.25, 0.3) is 0 Å². The number of guanidine groups is 1. The third-order valence-corrected chi connectivity index (χ3v) is 5.37. The van der Waals surface area contributed by atoms with E-state index in [1.807, 2.05) is 18.2 Å². The minimum absolute atomic E-state index is 0.326. The highest BCUT2D eigenvalue weighted by Crippen LogP contribution is 2.44. The summed E-state index contributed by atoms with van der Waals surface area (Å²) in [5.74, 6) is 3.06. The SMILES string of the molecule is CCNC(=NCC1(CCOC)CCC1)NCCCOc1cc(OC)cc(OC)c1. The van der Waals surface area contributed by atoms with Crippen LogP contribution in [-0.4, -0.2) is 60.1 Å². The van der Waals surface area contributed by atoms with Crippen molar-refractivity contribution >= 4 is 5.96 Å². The van der Waals surface area contributed by atoms with E-state index in [2.05, 4.69) is 17.6 Å². The van der Waals surface area contributed by atoms with Gasteiger partial charge in [0.2, 0.25) is 0 Å². The molecule has 1 saturated carbocycles. The molecular weight excluding hydrogens is 370 g/mol. The minimum atomic E-state index is 0.326. The van der Waals surface area contributed by atoms with Crippen molar-refractivity contribution in [1.82, 2.24) is 10.6 Å². The van der Waals surface area contributed by atoms with Crippen LogP contribution in [0.5, 0.6) is 17.2 Å². The Hall–Kier alpha value is -2.15. The highest BCUT2D eigenvalue weighted by molar-refractivity contribution is 5.79. The van der Waals surface area contributed by atoms with E-state index in [-0.39, 0.29) is 0 Å². The molecule has 0 aromatic heterocycles. The van der Waals surface area contributed by atoms with Gasteiger partial charge in [-0.3, -0.25) is 4.99 Å². The lowest BCUT2D eigenvalue weighted by atomic mass is 9.67. The summed E-state index contributed by atoms with van der Waals surface area (Å²) in [5.41, 5.74) is 0.326. The summed E-state index contributed by atoms with van der Waals surface area (Å²) in [6.07, 6.45) is 5.74. The van der Waals surface area contributed by atoms with Crippen LogP contribution in [0.4, 0.5) is 0 Å². The molecule has 0 bridgehead atoms. The molecule has 1 fully saturated rings. The minimum Gasteiger partial charge on any atom is -0.496 e. The molecule has 7 nitrogen and oxygen atoms in total. The van der Waals surface area contributed by atoms with Crippen molar-refractivity contribution in [1.29, 1.82) is 0 Å². The van der Waals surface area contributed by atoms with Crippen LogP contribution in [-0.2, 0) is 4.74 Å². The van der Waals surface area contributed by atoms with E-state index in [4.69, 9.17) is 23.9 Å². The van der Waals surface area contributed by atoms with Gasteiger partial charge in [0, 0.05) is 51.6 Å². The Kier molecular flexibility index (Phi) is 9.91. The van der Waals surface area contributed by atoms with Gasteiger partial charge < -0.3 is 29.6 Å². The Morgan fingerprint density at radius 2 is 1.69 bits per heavy atom. The summed E-state index contributed by atoms with van der Waals surface area (Å²) in [5, 5.41) is 6.74. The molecule has 164 valence electrons. The van der Waals surface area contributed by atoms with Crippen LogP contribution in [0.3, 0.4) is 0 Å². The molecule has 1 aliphatic carbocycles. The zero-order chi connectivity index (χ0) is 21.0. The van der Waals surface area contributed by atoms with Crippen LogP contribution in [0, 0.1) is 5.41 Å². The van der Waals surface area contributed by atoms with Crippen LogP contribution < -0.4 is 24.8 Å². The Balaban J connectivity index is 1.76. The normalized spacial score (nSPS) is 15.4. The van der Waals surface area contributed by atoms with E-state index in [1.54, 1.807) is 21.3 Å². The first kappa shape index (κ1) is 23.1. The Labute approximate surface area is 175 Å². The second kappa shape index (κ2) is 12.4. The molecule has 0 unspecified atom stereocenters. The number of nitrogens with zero attached hydrogens (tertiary/aromatic N) is 1. The van der Waals surface area contributed by atoms with Crippen LogP contribution in [0.1, 0.15) is 39.0 Å². The molecule has 0 amide bonds. The fourth-order valence-electron chi connectivity index (χ4n) is 3.40. The summed E-state index contributed by atoms with van der Waals surface area (Å²) in [6, 6.07) is 5.55. The third kappa shape index (κ3) is 7.65. The molecule has 7 heteroatoms. The largest absolute Gasteiger partial charge is 0.496 e. The van der Waals surface area contributed by atoms with Gasteiger partial charge in [0.15, 0.2) is 5.96 Å². The fraction of sp³-hybridized carbons (Fsp3) is 0.682. The second-order valence-corrected chi connectivity index (χ2v) is 7.47. The smallest absolute Gasteiger partial charge is 0.191 e. The molecule has 0 saturated heterocycles. The standard InChI is InChI=1S/C22H37N3O4/c1-5-23-21(25-17-22(8-6-9-22)10-13-26-2)24-11-7-12-29-20-15-18(27-3)14-19(16-20)28-4/h14-16H,5-13,17H2,1-4H3,(H2,23,24,25). The molecule has 2 rings (SSSR count). The molecular formula is C22H37N3O4. The number of benzene rings is 1. The number of hydrogen-bond acceptors (Lipinski definition) is 5. The van der Waals surface area contributed by atoms with Gasteiger partial charge >= 0.3 is 0 Å². The lowest BCUT2D eigenvalue weighted by Gasteiger charge is -2.40. The molecule has 2 N–H and O–H groups in total. The number of aliphatic imine (C=N–C) groups is 1. The van der Waals surface area contributed by atoms with Crippen molar-refractivity contribution in [3.63, 3.8) is 0 Å². The zero-order valence-corrected chi connectivity index (χ0v) is 18.4. The Morgan fingerprint density at radius 1 is 1.00 bits per heavy atom. The molecule has 0 aliphatic heterocycles. The lowest BCUT2D eigenvalue weighted by Crippen LogP contribution is -2.40. The molecule has 1 aromatic carbocycles. The first-order valence-electron chi connectivity index (χ1n) is 10.5. The maximum Gasteiger partial charge on any atom is 0.191 e. The third-order valence-electron chi connectivity index (χ3n) is 5.37. The van der Waals surface area contributed by atoms with E-state index in [9.17, 15) is 0 Å². The first-order chi connectivity index (χ1) is 14.1. The topological polar surface area (TPSA) is 73.3 Å². The average Bonchev–Trinajstić information content (AvgIpc) is 2.71. The second-order valence-electron chi connectivity index (χ2n) is 7.47. The Bertz CT molecular complexity index is 610. The molecule has 1 aliphatic rings. The molecule has 1 aromatic rings. The van der Waals surface area contributed by atoms with Crippen LogP contribution in [0.2, 0.25) is 0 Å². The Morgan fingerprint density at radius 3 is 2.24 bits per heavy atom. The summed E-state index contributed by atoms with van der Waals surface area (Å²) in [7, 11) is 5.03. The van der Waals surface area contributed by atoms with Crippen LogP contribution in [0.15, 0.2) is 23.2 Å². The number of methoxy groups -OCH3 is 3. The number of rotatable bonds is 13. The molecule has 0 heterocycles. The van der Waals surface area contributed by atoms with E-state index in [0.717, 1.165) is 62.3 Å². The zero-order valence-electron chi connectivity index (χ0n) is 18.4. The fourth-order valence-corrected chi connectivity index (χ4v) is 3.40. The molecule has 0 radical (unpaired) electrons. The monoisotopic (exact) mass is 407 g/mol. The van der Waals surface area contributed by atoms with Gasteiger partial charge in [0.25, 0.3) is 0 Å². The van der Waals surface area contributed by atoms with Gasteiger partial charge in [-0.2, -0.15) is 0 Å². The highest BCUT2D eigenvalue weighted by atomic mass is 16.5. The van der Waals surface area contributed by atoms with Gasteiger partial charge in [-0.05, 0) is 38.0 Å². The molecule has 29 heavy (non-hydrogen) atoms. The van der Waals surface area contributed by atoms with Crippen molar-refractivity contribution in [3.8, 4) is 17.2 Å². The van der Waals surface area contributed by atoms with E-state index < -0.39 is 0 Å². The highest BCUT2D eigenvalue weighted by Gasteiger charge is 2.36. The maximum absolute atomic E-state index is 5.84. The summed E-state index contributed by atoms with van der Waals surface area (Å²) in [4.78, 5) is 4.83. The predicted octanol–water partition coefficient (Wildman–Crippen LogP) is 3.23. The number of nitrogens with one attached hydrogen (secondary N) is 2. The van der Waals surface area contributed by atoms with Gasteiger partial charge in [0.1, 0.15) is 17.2 Å². The van der Waals surface area contributed by atoms with Gasteiger partial charge in [-0.1, -0.05) is 6.42 Å². The number of hydrogen-bond donors (Lipinski definition) is 2. The lowest BCUT2D eigenvalue weighted by molar-refractivity contribution is 0.0778. The van der Waals surface area contributed by atoms with Crippen molar-refractivity contribution in [2.24, 2.45) is 10.4 Å². The van der Waals surface area contributed by atoms with Gasteiger partial charge in [-0.15, -0.1) is 0 Å². The molecule has 0 atom stereocenters. The van der Waals surface area contributed by atoms with Crippen molar-refractivity contribution in [3.05, 3.63) is 18.2 Å². The van der Waals surface area contributed by atoms with E-state index in [1.165, 1.54) is 19.3 Å². The van der Waals surface area contributed by atoms with Gasteiger partial charge in [0.05, 0.1) is 20.8 Å². The quantitative estimate of drug-likeness (QED) is 0.297. The maximum atomic E-state index is 5.84. The van der Waals surface area contributed by atoms with Crippen molar-refractivity contribution < 1.29 is 18.9 Å². The van der Waals surface area contributed by atoms with E-state index >= 15 is 0 Å². The van der Waals surface area contributed by atoms with Crippen molar-refractivity contribution in [2.45, 2.75) is 39.0 Å². The summed E-state index contributed by atoms with van der Waals surface area (Å²) < 4.78 is 21.7. The summed E-state index contributed by atoms with van der Waals surface area (Å²) >= 11 is 0. The van der Waals surface area contributed by atoms with Crippen LogP contribution >= 0.6 is 0 Å². The van der Waals surface area contributed by atoms with Crippen molar-refractivity contribution in [2.75, 3.05) is 54.2 Å². The molecule has 0 spiro atoms. The predicted molar refractivity (Wildman–Crippen MR) is 116 cm³/mol. The van der Waals surface area contributed by atoms with E-state index in [0.29, 0.717) is 12.0 Å². The van der Waals surface area contributed by atoms with Gasteiger partial charge in [-0.25, -0.2) is 0 Å². The average molecular weight is 408 g/mol. The summed E-state index contributed by atoms with van der Waals surface area (Å²) in [6.45, 7) is 5.98. The number of ether oxygens (including phenoxy) is 4.